The van der Waals surface area contributed by atoms with Crippen LogP contribution in [0.4, 0.5) is 0 Å². The van der Waals surface area contributed by atoms with Crippen molar-refractivity contribution in [3.63, 3.8) is 0 Å². The van der Waals surface area contributed by atoms with Crippen LogP contribution >= 0.6 is 43.5 Å². The smallest absolute Gasteiger partial charge is 0.274 e. The van der Waals surface area contributed by atoms with Crippen LogP contribution in [-0.2, 0) is 6.42 Å². The van der Waals surface area contributed by atoms with E-state index in [4.69, 9.17) is 11.6 Å². The third-order valence-electron chi connectivity index (χ3n) is 4.48. The van der Waals surface area contributed by atoms with Crippen molar-refractivity contribution in [3.05, 3.63) is 61.4 Å². The summed E-state index contributed by atoms with van der Waals surface area (Å²) in [5.41, 5.74) is 3.39. The number of carbonyl (C=O) groups excluding carboxylic acids is 1. The molecule has 4 rings (SSSR count). The molecule has 1 aliphatic rings. The van der Waals surface area contributed by atoms with Gasteiger partial charge >= 0.3 is 0 Å². The normalized spacial score (nSPS) is 17.0. The number of benzene rings is 1. The van der Waals surface area contributed by atoms with E-state index in [-0.39, 0.29) is 11.9 Å². The fraction of sp³-hybridized carbons (Fsp3) is 0.235. The molecule has 3 aromatic rings. The summed E-state index contributed by atoms with van der Waals surface area (Å²) in [6.07, 6.45) is 4.00. The molecule has 1 aliphatic heterocycles. The number of fused-ring (bicyclic) bond motifs is 2. The molecule has 5 nitrogen and oxygen atoms in total. The van der Waals surface area contributed by atoms with Gasteiger partial charge in [-0.15, -0.1) is 0 Å². The fourth-order valence-electron chi connectivity index (χ4n) is 3.19. The van der Waals surface area contributed by atoms with Crippen molar-refractivity contribution in [2.24, 2.45) is 0 Å². The second kappa shape index (κ2) is 6.37. The van der Waals surface area contributed by atoms with Gasteiger partial charge in [0.2, 0.25) is 0 Å². The summed E-state index contributed by atoms with van der Waals surface area (Å²) in [6, 6.07) is 5.86. The molecule has 0 aliphatic carbocycles. The van der Waals surface area contributed by atoms with E-state index in [2.05, 4.69) is 54.1 Å². The van der Waals surface area contributed by atoms with Crippen LogP contribution in [0.1, 0.15) is 34.6 Å². The van der Waals surface area contributed by atoms with Crippen LogP contribution in [0.25, 0.3) is 5.65 Å². The van der Waals surface area contributed by atoms with Crippen molar-refractivity contribution < 1.29 is 4.79 Å². The molecule has 1 amide bonds. The van der Waals surface area contributed by atoms with Gasteiger partial charge in [-0.1, -0.05) is 11.6 Å². The Bertz CT molecular complexity index is 1000. The van der Waals surface area contributed by atoms with Gasteiger partial charge in [-0.3, -0.25) is 4.79 Å². The first-order valence-electron chi connectivity index (χ1n) is 7.74. The molecule has 1 atom stereocenters. The average molecular weight is 485 g/mol. The maximum Gasteiger partial charge on any atom is 0.274 e. The van der Waals surface area contributed by atoms with Crippen LogP contribution in [0.2, 0.25) is 5.02 Å². The van der Waals surface area contributed by atoms with E-state index in [1.165, 1.54) is 10.1 Å². The highest BCUT2D eigenvalue weighted by Crippen LogP contribution is 2.36. The Morgan fingerprint density at radius 1 is 1.28 bits per heavy atom. The minimum atomic E-state index is -0.0983. The molecule has 128 valence electrons. The van der Waals surface area contributed by atoms with E-state index in [0.717, 1.165) is 20.9 Å². The first-order valence-corrected chi connectivity index (χ1v) is 9.70. The maximum atomic E-state index is 13.0. The predicted molar refractivity (Wildman–Crippen MR) is 103 cm³/mol. The van der Waals surface area contributed by atoms with Crippen molar-refractivity contribution in [3.8, 4) is 0 Å². The van der Waals surface area contributed by atoms with Gasteiger partial charge in [0.25, 0.3) is 5.91 Å². The Kier molecular flexibility index (Phi) is 4.33. The molecule has 1 aromatic carbocycles. The SMILES string of the molecule is CC1c2cc(Br)c(Br)cc2CCN1C(=O)c1cc2ncc(Cl)cn2n1. The number of amides is 1. The Labute approximate surface area is 166 Å². The third kappa shape index (κ3) is 2.98. The second-order valence-corrected chi connectivity index (χ2v) is 8.14. The molecule has 0 N–H and O–H groups in total. The van der Waals surface area contributed by atoms with Crippen LogP contribution in [-0.4, -0.2) is 31.9 Å². The first-order chi connectivity index (χ1) is 11.9. The summed E-state index contributed by atoms with van der Waals surface area (Å²) in [7, 11) is 0. The summed E-state index contributed by atoms with van der Waals surface area (Å²) in [6.45, 7) is 2.70. The lowest BCUT2D eigenvalue weighted by atomic mass is 9.93. The van der Waals surface area contributed by atoms with Gasteiger partial charge < -0.3 is 4.90 Å². The molecular formula is C17H13Br2ClN4O. The lowest BCUT2D eigenvalue weighted by Gasteiger charge is -2.35. The monoisotopic (exact) mass is 482 g/mol. The molecule has 25 heavy (non-hydrogen) atoms. The molecular weight excluding hydrogens is 471 g/mol. The molecule has 3 heterocycles. The fourth-order valence-corrected chi connectivity index (χ4v) is 4.09. The number of halogens is 3. The zero-order valence-corrected chi connectivity index (χ0v) is 17.1. The van der Waals surface area contributed by atoms with Crippen molar-refractivity contribution in [2.45, 2.75) is 19.4 Å². The van der Waals surface area contributed by atoms with Crippen LogP contribution in [0, 0.1) is 0 Å². The lowest BCUT2D eigenvalue weighted by Crippen LogP contribution is -2.39. The zero-order valence-electron chi connectivity index (χ0n) is 13.2. The van der Waals surface area contributed by atoms with E-state index in [1.54, 1.807) is 18.5 Å². The maximum absolute atomic E-state index is 13.0. The molecule has 8 heteroatoms. The summed E-state index contributed by atoms with van der Waals surface area (Å²) in [5, 5.41) is 4.81. The van der Waals surface area contributed by atoms with Gasteiger partial charge in [0.15, 0.2) is 11.3 Å². The van der Waals surface area contributed by atoms with E-state index in [1.807, 2.05) is 11.8 Å². The van der Waals surface area contributed by atoms with E-state index < -0.39 is 0 Å². The summed E-state index contributed by atoms with van der Waals surface area (Å²) >= 11 is 13.0. The van der Waals surface area contributed by atoms with Gasteiger partial charge in [0.05, 0.1) is 17.3 Å². The number of carbonyl (C=O) groups is 1. The van der Waals surface area contributed by atoms with E-state index in [0.29, 0.717) is 22.9 Å². The third-order valence-corrected chi connectivity index (χ3v) is 6.52. The number of rotatable bonds is 1. The van der Waals surface area contributed by atoms with Gasteiger partial charge in [0, 0.05) is 27.8 Å². The predicted octanol–water partition coefficient (Wildman–Crippen LogP) is 4.67. The Balaban J connectivity index is 1.68. The lowest BCUT2D eigenvalue weighted by molar-refractivity contribution is 0.0671. The minimum absolute atomic E-state index is 0.0259. The van der Waals surface area contributed by atoms with Gasteiger partial charge in [-0.05, 0) is 68.5 Å². The zero-order chi connectivity index (χ0) is 17.7. The highest BCUT2D eigenvalue weighted by atomic mass is 79.9. The van der Waals surface area contributed by atoms with E-state index >= 15 is 0 Å². The van der Waals surface area contributed by atoms with Crippen LogP contribution < -0.4 is 0 Å². The summed E-state index contributed by atoms with van der Waals surface area (Å²) < 4.78 is 3.55. The van der Waals surface area contributed by atoms with Crippen molar-refractivity contribution >= 4 is 55.0 Å². The quantitative estimate of drug-likeness (QED) is 0.505. The Morgan fingerprint density at radius 2 is 2.04 bits per heavy atom. The highest BCUT2D eigenvalue weighted by molar-refractivity contribution is 9.13. The second-order valence-electron chi connectivity index (χ2n) is 5.99. The van der Waals surface area contributed by atoms with Crippen LogP contribution in [0.3, 0.4) is 0 Å². The number of nitrogens with zero attached hydrogens (tertiary/aromatic N) is 4. The Hall–Kier alpha value is -1.44. The molecule has 0 saturated heterocycles. The van der Waals surface area contributed by atoms with Gasteiger partial charge in [0.1, 0.15) is 0 Å². The topological polar surface area (TPSA) is 50.5 Å². The number of aromatic nitrogens is 3. The molecule has 0 bridgehead atoms. The highest BCUT2D eigenvalue weighted by Gasteiger charge is 2.30. The van der Waals surface area contributed by atoms with Crippen LogP contribution in [0.15, 0.2) is 39.5 Å². The van der Waals surface area contributed by atoms with Crippen molar-refractivity contribution in [1.29, 1.82) is 0 Å². The number of hydrogen-bond donors (Lipinski definition) is 0. The molecule has 0 radical (unpaired) electrons. The Morgan fingerprint density at radius 3 is 2.84 bits per heavy atom. The molecule has 0 fully saturated rings. The van der Waals surface area contributed by atoms with E-state index in [9.17, 15) is 4.79 Å². The van der Waals surface area contributed by atoms with Crippen LogP contribution in [0.5, 0.6) is 0 Å². The standard InChI is InChI=1S/C17H13Br2ClN4O/c1-9-12-5-14(19)13(18)4-10(12)2-3-23(9)17(25)15-6-16-21-7-11(20)8-24(16)22-15/h4-9H,2-3H2,1H3. The van der Waals surface area contributed by atoms with Gasteiger partial charge in [-0.25, -0.2) is 9.50 Å². The molecule has 0 spiro atoms. The molecule has 2 aromatic heterocycles. The van der Waals surface area contributed by atoms with Crippen molar-refractivity contribution in [2.75, 3.05) is 6.54 Å². The van der Waals surface area contributed by atoms with Gasteiger partial charge in [-0.2, -0.15) is 5.10 Å². The minimum Gasteiger partial charge on any atom is -0.330 e. The summed E-state index contributed by atoms with van der Waals surface area (Å²) in [5.74, 6) is -0.0983. The average Bonchev–Trinajstić information content (AvgIpc) is 2.99. The largest absolute Gasteiger partial charge is 0.330 e. The number of hydrogen-bond acceptors (Lipinski definition) is 3. The molecule has 1 unspecified atom stereocenters. The first kappa shape index (κ1) is 17.0. The summed E-state index contributed by atoms with van der Waals surface area (Å²) in [4.78, 5) is 19.0. The van der Waals surface area contributed by atoms with Crippen molar-refractivity contribution in [1.82, 2.24) is 19.5 Å². The molecule has 0 saturated carbocycles.